The van der Waals surface area contributed by atoms with Gasteiger partial charge in [0, 0.05) is 63.6 Å². The first-order valence-corrected chi connectivity index (χ1v) is 10.9. The number of methoxy groups -OCH3 is 1. The van der Waals surface area contributed by atoms with Crippen molar-refractivity contribution in [1.82, 2.24) is 19.8 Å². The number of aromatic nitrogens is 2. The number of thiophene rings is 1. The summed E-state index contributed by atoms with van der Waals surface area (Å²) in [5.74, 6) is -0.211. The van der Waals surface area contributed by atoms with Gasteiger partial charge in [-0.05, 0) is 24.1 Å². The van der Waals surface area contributed by atoms with Gasteiger partial charge in [-0.3, -0.25) is 14.4 Å². The number of hydrogen-bond acceptors (Lipinski definition) is 6. The molecule has 0 spiro atoms. The van der Waals surface area contributed by atoms with E-state index < -0.39 is 0 Å². The van der Waals surface area contributed by atoms with Gasteiger partial charge < -0.3 is 19.5 Å². The first-order valence-electron chi connectivity index (χ1n) is 10.1. The molecule has 1 aliphatic rings. The van der Waals surface area contributed by atoms with Crippen molar-refractivity contribution < 1.29 is 14.3 Å². The molecule has 4 rings (SSSR count). The number of pyridine rings is 2. The van der Waals surface area contributed by atoms with Crippen LogP contribution < -0.4 is 10.9 Å². The highest BCUT2D eigenvalue weighted by Gasteiger charge is 2.33. The average molecular weight is 441 g/mol. The van der Waals surface area contributed by atoms with Crippen molar-refractivity contribution in [2.75, 3.05) is 33.4 Å². The van der Waals surface area contributed by atoms with E-state index in [2.05, 4.69) is 10.3 Å². The van der Waals surface area contributed by atoms with E-state index in [1.807, 2.05) is 12.1 Å². The lowest BCUT2D eigenvalue weighted by atomic mass is 9.95. The molecule has 9 heteroatoms. The van der Waals surface area contributed by atoms with Crippen LogP contribution in [-0.2, 0) is 11.8 Å². The zero-order chi connectivity index (χ0) is 22.0. The molecule has 1 atom stereocenters. The number of hydrogen-bond donors (Lipinski definition) is 1. The maximum Gasteiger partial charge on any atom is 0.261 e. The molecule has 8 nitrogen and oxygen atoms in total. The van der Waals surface area contributed by atoms with E-state index in [9.17, 15) is 14.4 Å². The van der Waals surface area contributed by atoms with Crippen molar-refractivity contribution in [3.8, 4) is 0 Å². The quantitative estimate of drug-likeness (QED) is 0.592. The summed E-state index contributed by atoms with van der Waals surface area (Å²) < 4.78 is 6.43. The van der Waals surface area contributed by atoms with Gasteiger partial charge in [-0.25, -0.2) is 4.98 Å². The fraction of sp³-hybridized carbons (Fsp3) is 0.364. The number of amides is 2. The average Bonchev–Trinajstić information content (AvgIpc) is 3.40. The summed E-state index contributed by atoms with van der Waals surface area (Å²) in [5, 5.41) is 3.87. The molecule has 1 N–H and O–H groups in total. The number of carbonyl (C=O) groups is 2. The van der Waals surface area contributed by atoms with E-state index in [0.717, 1.165) is 22.2 Å². The fourth-order valence-electron chi connectivity index (χ4n) is 3.96. The summed E-state index contributed by atoms with van der Waals surface area (Å²) in [6.07, 6.45) is 4.05. The van der Waals surface area contributed by atoms with E-state index in [4.69, 9.17) is 4.74 Å². The third-order valence-corrected chi connectivity index (χ3v) is 6.65. The van der Waals surface area contributed by atoms with Gasteiger partial charge in [-0.1, -0.05) is 6.07 Å². The first-order chi connectivity index (χ1) is 15.0. The van der Waals surface area contributed by atoms with Crippen LogP contribution in [0.3, 0.4) is 0 Å². The third-order valence-electron chi connectivity index (χ3n) is 5.52. The second kappa shape index (κ2) is 8.99. The highest BCUT2D eigenvalue weighted by molar-refractivity contribution is 7.20. The number of fused-ring (bicyclic) bond motifs is 1. The lowest BCUT2D eigenvalue weighted by Crippen LogP contribution is -2.30. The van der Waals surface area contributed by atoms with Crippen LogP contribution in [0.15, 0.2) is 41.5 Å². The lowest BCUT2D eigenvalue weighted by Gasteiger charge is -2.17. The molecular weight excluding hydrogens is 416 g/mol. The van der Waals surface area contributed by atoms with Gasteiger partial charge in [0.15, 0.2) is 0 Å². The number of likely N-dealkylation sites (tertiary alicyclic amines) is 1. The molecule has 31 heavy (non-hydrogen) atoms. The van der Waals surface area contributed by atoms with E-state index >= 15 is 0 Å². The summed E-state index contributed by atoms with van der Waals surface area (Å²) in [6.45, 7) is 1.98. The summed E-state index contributed by atoms with van der Waals surface area (Å²) in [7, 11) is 3.22. The Hall–Kier alpha value is -3.04. The van der Waals surface area contributed by atoms with Gasteiger partial charge in [0.2, 0.25) is 5.56 Å². The van der Waals surface area contributed by atoms with Crippen molar-refractivity contribution in [3.63, 3.8) is 0 Å². The molecular formula is C22H24N4O4S. The Balaban J connectivity index is 1.60. The van der Waals surface area contributed by atoms with Crippen LogP contribution >= 0.6 is 11.3 Å². The minimum Gasteiger partial charge on any atom is -0.383 e. The second-order valence-electron chi connectivity index (χ2n) is 7.55. The third kappa shape index (κ3) is 4.24. The topological polar surface area (TPSA) is 93.5 Å². The first kappa shape index (κ1) is 21.2. The maximum absolute atomic E-state index is 13.0. The molecule has 1 saturated heterocycles. The molecule has 0 saturated carbocycles. The van der Waals surface area contributed by atoms with Crippen LogP contribution in [0.2, 0.25) is 0 Å². The van der Waals surface area contributed by atoms with Crippen molar-refractivity contribution in [3.05, 3.63) is 63.0 Å². The highest BCUT2D eigenvalue weighted by Crippen LogP contribution is 2.39. The zero-order valence-electron chi connectivity index (χ0n) is 17.5. The van der Waals surface area contributed by atoms with E-state index in [-0.39, 0.29) is 23.3 Å². The minimum absolute atomic E-state index is 0.0395. The fourth-order valence-corrected chi connectivity index (χ4v) is 5.10. The summed E-state index contributed by atoms with van der Waals surface area (Å²) in [6, 6.07) is 6.82. The molecule has 1 fully saturated rings. The van der Waals surface area contributed by atoms with Crippen LogP contribution in [0.1, 0.15) is 37.9 Å². The maximum atomic E-state index is 13.0. The number of nitrogens with zero attached hydrogens (tertiary/aromatic N) is 3. The van der Waals surface area contributed by atoms with Crippen LogP contribution in [0.5, 0.6) is 0 Å². The van der Waals surface area contributed by atoms with Crippen LogP contribution in [0, 0.1) is 0 Å². The number of nitrogens with one attached hydrogen (secondary N) is 1. The Labute approximate surface area is 183 Å². The van der Waals surface area contributed by atoms with Crippen molar-refractivity contribution in [1.29, 1.82) is 0 Å². The SMILES string of the molecule is COCCNC(=O)c1sc2ncccc2c1[C@@H]1CCN(C(=O)c2ccc(=O)n(C)c2)C1. The van der Waals surface area contributed by atoms with Crippen molar-refractivity contribution in [2.45, 2.75) is 12.3 Å². The predicted molar refractivity (Wildman–Crippen MR) is 119 cm³/mol. The Bertz CT molecular complexity index is 1190. The van der Waals surface area contributed by atoms with Gasteiger partial charge in [0.05, 0.1) is 17.0 Å². The van der Waals surface area contributed by atoms with Gasteiger partial charge in [0.1, 0.15) is 4.83 Å². The Morgan fingerprint density at radius 3 is 2.94 bits per heavy atom. The molecule has 2 amide bonds. The number of ether oxygens (including phenoxy) is 1. The molecule has 0 aliphatic carbocycles. The molecule has 1 aliphatic heterocycles. The number of carbonyl (C=O) groups excluding carboxylic acids is 2. The molecule has 0 bridgehead atoms. The van der Waals surface area contributed by atoms with Gasteiger partial charge in [0.25, 0.3) is 11.8 Å². The van der Waals surface area contributed by atoms with E-state index in [1.165, 1.54) is 22.0 Å². The van der Waals surface area contributed by atoms with Gasteiger partial charge in [-0.2, -0.15) is 0 Å². The molecule has 0 radical (unpaired) electrons. The van der Waals surface area contributed by atoms with Gasteiger partial charge in [-0.15, -0.1) is 11.3 Å². The van der Waals surface area contributed by atoms with Crippen molar-refractivity contribution >= 4 is 33.4 Å². The Morgan fingerprint density at radius 1 is 1.32 bits per heavy atom. The monoisotopic (exact) mass is 440 g/mol. The Kier molecular flexibility index (Phi) is 6.15. The van der Waals surface area contributed by atoms with Crippen molar-refractivity contribution in [2.24, 2.45) is 7.05 Å². The number of rotatable bonds is 6. The number of aryl methyl sites for hydroxylation is 1. The van der Waals surface area contributed by atoms with E-state index in [0.29, 0.717) is 36.7 Å². The normalized spacial score (nSPS) is 16.1. The van der Waals surface area contributed by atoms with Crippen LogP contribution in [0.25, 0.3) is 10.2 Å². The molecule has 0 unspecified atom stereocenters. The summed E-state index contributed by atoms with van der Waals surface area (Å²) in [4.78, 5) is 45.2. The summed E-state index contributed by atoms with van der Waals surface area (Å²) in [5.41, 5.74) is 1.29. The zero-order valence-corrected chi connectivity index (χ0v) is 18.3. The lowest BCUT2D eigenvalue weighted by molar-refractivity contribution is 0.0790. The molecule has 4 heterocycles. The minimum atomic E-state index is -0.155. The van der Waals surface area contributed by atoms with Crippen LogP contribution in [-0.4, -0.2) is 59.6 Å². The molecule has 3 aromatic heterocycles. The smallest absolute Gasteiger partial charge is 0.261 e. The van der Waals surface area contributed by atoms with E-state index in [1.54, 1.807) is 37.5 Å². The summed E-state index contributed by atoms with van der Waals surface area (Å²) >= 11 is 1.38. The molecule has 0 aromatic carbocycles. The second-order valence-corrected chi connectivity index (χ2v) is 8.55. The Morgan fingerprint density at radius 2 is 2.16 bits per heavy atom. The predicted octanol–water partition coefficient (Wildman–Crippen LogP) is 2.00. The standard InChI is InChI=1S/C22H24N4O4S/c1-25-12-15(5-6-17(25)27)22(29)26-10-7-14(13-26)18-16-4-3-8-24-21(16)31-19(18)20(28)23-9-11-30-2/h3-6,8,12,14H,7,9-11,13H2,1-2H3,(H,23,28)/t14-/m1/s1. The molecule has 162 valence electrons. The molecule has 3 aromatic rings. The van der Waals surface area contributed by atoms with Crippen LogP contribution in [0.4, 0.5) is 0 Å². The highest BCUT2D eigenvalue weighted by atomic mass is 32.1. The van der Waals surface area contributed by atoms with Gasteiger partial charge >= 0.3 is 0 Å². The largest absolute Gasteiger partial charge is 0.383 e.